The van der Waals surface area contributed by atoms with Crippen LogP contribution in [-0.2, 0) is 14.4 Å². The van der Waals surface area contributed by atoms with Crippen LogP contribution in [0.5, 0.6) is 0 Å². The number of carbonyl (C=O) groups excluding carboxylic acids is 3. The Labute approximate surface area is 179 Å². The molecule has 2 aromatic rings. The molecule has 2 aliphatic heterocycles. The third kappa shape index (κ3) is 4.51. The number of piperidine rings is 1. The second-order valence-electron chi connectivity index (χ2n) is 7.93. The summed E-state index contributed by atoms with van der Waals surface area (Å²) in [5.74, 6) is -3.01. The summed E-state index contributed by atoms with van der Waals surface area (Å²) in [4.78, 5) is 38.1. The summed E-state index contributed by atoms with van der Waals surface area (Å²) < 4.78 is 13.1. The van der Waals surface area contributed by atoms with E-state index in [9.17, 15) is 18.8 Å². The van der Waals surface area contributed by atoms with Gasteiger partial charge in [0.15, 0.2) is 6.29 Å². The third-order valence-electron chi connectivity index (χ3n) is 5.72. The molecule has 5 N–H and O–H groups in total. The zero-order chi connectivity index (χ0) is 22.1. The fourth-order valence-electron chi connectivity index (χ4n) is 3.92. The van der Waals surface area contributed by atoms with Crippen molar-refractivity contribution in [2.75, 3.05) is 10.6 Å². The predicted molar refractivity (Wildman–Crippen MR) is 113 cm³/mol. The predicted octanol–water partition coefficient (Wildman–Crippen LogP) is 1.57. The average Bonchev–Trinajstić information content (AvgIpc) is 2.71. The molecule has 2 aliphatic rings. The Hall–Kier alpha value is -3.46. The van der Waals surface area contributed by atoms with E-state index in [1.165, 1.54) is 24.3 Å². The summed E-state index contributed by atoms with van der Waals surface area (Å²) in [5, 5.41) is 14.5. The first kappa shape index (κ1) is 20.8. The topological polar surface area (TPSA) is 111 Å². The zero-order valence-electron chi connectivity index (χ0n) is 17.2. The van der Waals surface area contributed by atoms with Crippen LogP contribution in [0.25, 0.3) is 0 Å². The number of benzene rings is 2. The largest absolute Gasteiger partial charge is 0.353 e. The van der Waals surface area contributed by atoms with Gasteiger partial charge >= 0.3 is 0 Å². The van der Waals surface area contributed by atoms with Crippen molar-refractivity contribution < 1.29 is 18.8 Å². The van der Waals surface area contributed by atoms with Crippen molar-refractivity contribution in [3.63, 3.8) is 0 Å². The number of rotatable bonds is 4. The molecule has 8 nitrogen and oxygen atoms in total. The first-order valence-corrected chi connectivity index (χ1v) is 10.1. The molecular weight excluding hydrogens is 401 g/mol. The monoisotopic (exact) mass is 425 g/mol. The van der Waals surface area contributed by atoms with Crippen molar-refractivity contribution in [1.82, 2.24) is 16.0 Å². The van der Waals surface area contributed by atoms with Crippen molar-refractivity contribution in [1.29, 1.82) is 0 Å². The molecule has 3 amide bonds. The highest BCUT2D eigenvalue weighted by Gasteiger charge is 2.48. The molecule has 0 spiro atoms. The highest BCUT2D eigenvalue weighted by atomic mass is 19.1. The average molecular weight is 425 g/mol. The summed E-state index contributed by atoms with van der Waals surface area (Å²) in [5.41, 5.74) is 3.34. The summed E-state index contributed by atoms with van der Waals surface area (Å²) in [6.45, 7) is 3.92. The van der Waals surface area contributed by atoms with Crippen LogP contribution in [0.4, 0.5) is 15.8 Å². The number of halogens is 1. The first-order valence-electron chi connectivity index (χ1n) is 10.1. The summed E-state index contributed by atoms with van der Waals surface area (Å²) >= 11 is 0. The van der Waals surface area contributed by atoms with Crippen LogP contribution in [0.15, 0.2) is 42.5 Å². The summed E-state index contributed by atoms with van der Waals surface area (Å²) in [7, 11) is 0. The van der Waals surface area contributed by atoms with Gasteiger partial charge in [0.25, 0.3) is 0 Å². The van der Waals surface area contributed by atoms with Crippen molar-refractivity contribution in [3.8, 4) is 0 Å². The van der Waals surface area contributed by atoms with E-state index >= 15 is 0 Å². The molecule has 9 heteroatoms. The minimum atomic E-state index is -0.820. The fourth-order valence-corrected chi connectivity index (χ4v) is 3.92. The van der Waals surface area contributed by atoms with Crippen molar-refractivity contribution in [3.05, 3.63) is 59.4 Å². The highest BCUT2D eigenvalue weighted by molar-refractivity contribution is 6.00. The molecule has 2 saturated heterocycles. The molecule has 2 aromatic carbocycles. The van der Waals surface area contributed by atoms with Gasteiger partial charge in [-0.15, -0.1) is 0 Å². The molecular formula is C22H24FN5O3. The lowest BCUT2D eigenvalue weighted by atomic mass is 9.81. The van der Waals surface area contributed by atoms with Crippen LogP contribution >= 0.6 is 0 Å². The normalized spacial score (nSPS) is 25.1. The maximum atomic E-state index is 13.1. The highest BCUT2D eigenvalue weighted by Crippen LogP contribution is 2.28. The van der Waals surface area contributed by atoms with Crippen molar-refractivity contribution >= 4 is 29.1 Å². The minimum absolute atomic E-state index is 0.0804. The number of aryl methyl sites for hydroxylation is 2. The Bertz CT molecular complexity index is 1030. The second kappa shape index (κ2) is 8.35. The standard InChI is InChI=1S/C22H24FN5O3/c1-11-3-6-15(9-12(11)2)24-20(30)16-10-17(29)26-19-18(16)21(31)28-22(27-19)25-14-7-4-13(23)5-8-14/h3-9,16,18-19,22,25,27H,10H2,1-2H3,(H,24,30)(H,26,29)(H,28,31). The van der Waals surface area contributed by atoms with Gasteiger partial charge in [-0.2, -0.15) is 0 Å². The quantitative estimate of drug-likeness (QED) is 0.511. The molecule has 0 aromatic heterocycles. The van der Waals surface area contributed by atoms with Crippen LogP contribution in [0.3, 0.4) is 0 Å². The number of amides is 3. The second-order valence-corrected chi connectivity index (χ2v) is 7.93. The van der Waals surface area contributed by atoms with Gasteiger partial charge in [0, 0.05) is 17.8 Å². The Morgan fingerprint density at radius 1 is 1.00 bits per heavy atom. The van der Waals surface area contributed by atoms with Gasteiger partial charge < -0.3 is 21.3 Å². The molecule has 4 unspecified atom stereocenters. The molecule has 0 saturated carbocycles. The van der Waals surface area contributed by atoms with Gasteiger partial charge in [-0.25, -0.2) is 4.39 Å². The van der Waals surface area contributed by atoms with Crippen LogP contribution < -0.4 is 26.6 Å². The van der Waals surface area contributed by atoms with Crippen LogP contribution in [0.2, 0.25) is 0 Å². The molecule has 31 heavy (non-hydrogen) atoms. The first-order chi connectivity index (χ1) is 14.8. The molecule has 0 bridgehead atoms. The number of carbonyl (C=O) groups is 3. The number of hydrogen-bond donors (Lipinski definition) is 5. The van der Waals surface area contributed by atoms with Gasteiger partial charge in [0.2, 0.25) is 17.7 Å². The number of anilines is 2. The van der Waals surface area contributed by atoms with Crippen molar-refractivity contribution in [2.24, 2.45) is 11.8 Å². The van der Waals surface area contributed by atoms with Gasteiger partial charge in [0.05, 0.1) is 18.0 Å². The van der Waals surface area contributed by atoms with Gasteiger partial charge in [-0.3, -0.25) is 19.7 Å². The number of nitrogens with one attached hydrogen (secondary N) is 5. The van der Waals surface area contributed by atoms with E-state index in [4.69, 9.17) is 0 Å². The third-order valence-corrected chi connectivity index (χ3v) is 5.72. The van der Waals surface area contributed by atoms with Crippen LogP contribution in [0, 0.1) is 31.5 Å². The SMILES string of the molecule is Cc1ccc(NC(=O)C2CC(=O)NC3NC(Nc4ccc(F)cc4)NC(=O)C32)cc1C. The molecule has 2 fully saturated rings. The Balaban J connectivity index is 1.48. The van der Waals surface area contributed by atoms with E-state index in [1.54, 1.807) is 6.07 Å². The lowest BCUT2D eigenvalue weighted by molar-refractivity contribution is -0.144. The van der Waals surface area contributed by atoms with Gasteiger partial charge in [0.1, 0.15) is 5.82 Å². The fraction of sp³-hybridized carbons (Fsp3) is 0.318. The van der Waals surface area contributed by atoms with E-state index in [1.807, 2.05) is 26.0 Å². The Morgan fingerprint density at radius 3 is 2.42 bits per heavy atom. The summed E-state index contributed by atoms with van der Waals surface area (Å²) in [6.07, 6.45) is -1.49. The molecule has 162 valence electrons. The maximum absolute atomic E-state index is 13.1. The lowest BCUT2D eigenvalue weighted by Crippen LogP contribution is -2.72. The van der Waals surface area contributed by atoms with Crippen LogP contribution in [0.1, 0.15) is 17.5 Å². The molecule has 4 rings (SSSR count). The Kier molecular flexibility index (Phi) is 5.60. The number of fused-ring (bicyclic) bond motifs is 1. The number of hydrogen-bond acceptors (Lipinski definition) is 5. The molecule has 4 atom stereocenters. The van der Waals surface area contributed by atoms with E-state index in [0.717, 1.165) is 11.1 Å². The van der Waals surface area contributed by atoms with Crippen LogP contribution in [-0.4, -0.2) is 30.2 Å². The van der Waals surface area contributed by atoms with E-state index in [2.05, 4.69) is 26.6 Å². The smallest absolute Gasteiger partial charge is 0.229 e. The Morgan fingerprint density at radius 2 is 1.71 bits per heavy atom. The molecule has 2 heterocycles. The van der Waals surface area contributed by atoms with E-state index < -0.39 is 24.3 Å². The van der Waals surface area contributed by atoms with Gasteiger partial charge in [-0.1, -0.05) is 6.07 Å². The van der Waals surface area contributed by atoms with Gasteiger partial charge in [-0.05, 0) is 61.4 Å². The van der Waals surface area contributed by atoms with E-state index in [0.29, 0.717) is 11.4 Å². The minimum Gasteiger partial charge on any atom is -0.353 e. The molecule has 0 radical (unpaired) electrons. The summed E-state index contributed by atoms with van der Waals surface area (Å²) in [6, 6.07) is 11.2. The van der Waals surface area contributed by atoms with E-state index in [-0.39, 0.29) is 30.0 Å². The maximum Gasteiger partial charge on any atom is 0.229 e. The molecule has 0 aliphatic carbocycles. The zero-order valence-corrected chi connectivity index (χ0v) is 17.2. The lowest BCUT2D eigenvalue weighted by Gasteiger charge is -2.43. The van der Waals surface area contributed by atoms with Crippen molar-refractivity contribution in [2.45, 2.75) is 32.7 Å².